The monoisotopic (exact) mass is 294 g/mol. The Morgan fingerprint density at radius 3 is 2.52 bits per heavy atom. The minimum atomic E-state index is -1.02. The molecule has 116 valence electrons. The fourth-order valence-corrected chi connectivity index (χ4v) is 2.03. The molecule has 0 atom stereocenters. The highest BCUT2D eigenvalue weighted by Gasteiger charge is 2.18. The molecule has 0 saturated heterocycles. The number of hydrogen-bond acceptors (Lipinski definition) is 3. The number of carboxylic acids is 1. The van der Waals surface area contributed by atoms with Gasteiger partial charge in [0.15, 0.2) is 0 Å². The third kappa shape index (κ3) is 4.46. The maximum Gasteiger partial charge on any atom is 0.336 e. The fourth-order valence-electron chi connectivity index (χ4n) is 2.03. The van der Waals surface area contributed by atoms with E-state index in [1.165, 1.54) is 6.07 Å². The standard InChI is InChI=1S/C15H22N2O4/c1-10(2)17(8-5-9-18)15(21)16-13-7-4-6-12(11(13)3)14(19)20/h4,6-7,10,18H,5,8-9H2,1-3H3,(H,16,21)(H,19,20). The van der Waals surface area contributed by atoms with Gasteiger partial charge >= 0.3 is 12.0 Å². The predicted molar refractivity (Wildman–Crippen MR) is 80.7 cm³/mol. The molecule has 1 aromatic rings. The molecule has 2 amide bonds. The van der Waals surface area contributed by atoms with Crippen molar-refractivity contribution in [2.45, 2.75) is 33.2 Å². The van der Waals surface area contributed by atoms with Crippen LogP contribution in [0.15, 0.2) is 18.2 Å². The zero-order valence-corrected chi connectivity index (χ0v) is 12.6. The zero-order chi connectivity index (χ0) is 16.0. The van der Waals surface area contributed by atoms with Gasteiger partial charge in [-0.1, -0.05) is 6.07 Å². The minimum absolute atomic E-state index is 0.0143. The molecule has 1 aromatic carbocycles. The normalized spacial score (nSPS) is 10.5. The highest BCUT2D eigenvalue weighted by atomic mass is 16.4. The predicted octanol–water partition coefficient (Wildman–Crippen LogP) is 2.32. The van der Waals surface area contributed by atoms with Crippen molar-refractivity contribution in [3.05, 3.63) is 29.3 Å². The van der Waals surface area contributed by atoms with Crippen molar-refractivity contribution >= 4 is 17.7 Å². The van der Waals surface area contributed by atoms with Crippen molar-refractivity contribution in [1.29, 1.82) is 0 Å². The van der Waals surface area contributed by atoms with Crippen molar-refractivity contribution in [2.75, 3.05) is 18.5 Å². The maximum absolute atomic E-state index is 12.3. The summed E-state index contributed by atoms with van der Waals surface area (Å²) in [6, 6.07) is 4.45. The highest BCUT2D eigenvalue weighted by molar-refractivity contribution is 5.95. The second-order valence-corrected chi connectivity index (χ2v) is 5.08. The summed E-state index contributed by atoms with van der Waals surface area (Å²) in [6.07, 6.45) is 0.500. The Kier molecular flexibility index (Phi) is 6.17. The molecule has 1 rings (SSSR count). The van der Waals surface area contributed by atoms with Gasteiger partial charge in [-0.15, -0.1) is 0 Å². The molecule has 0 spiro atoms. The first-order valence-corrected chi connectivity index (χ1v) is 6.89. The van der Waals surface area contributed by atoms with Crippen LogP contribution in [0.5, 0.6) is 0 Å². The number of carbonyl (C=O) groups excluding carboxylic acids is 1. The van der Waals surface area contributed by atoms with E-state index < -0.39 is 5.97 Å². The summed E-state index contributed by atoms with van der Waals surface area (Å²) in [4.78, 5) is 25.0. The minimum Gasteiger partial charge on any atom is -0.478 e. The van der Waals surface area contributed by atoms with Crippen LogP contribution in [0.1, 0.15) is 36.2 Å². The summed E-state index contributed by atoms with van der Waals surface area (Å²) >= 11 is 0. The lowest BCUT2D eigenvalue weighted by Crippen LogP contribution is -2.41. The molecule has 21 heavy (non-hydrogen) atoms. The Bertz CT molecular complexity index is 514. The van der Waals surface area contributed by atoms with E-state index in [-0.39, 0.29) is 24.2 Å². The van der Waals surface area contributed by atoms with Gasteiger partial charge in [0.1, 0.15) is 0 Å². The number of amides is 2. The van der Waals surface area contributed by atoms with Gasteiger partial charge in [-0.25, -0.2) is 9.59 Å². The topological polar surface area (TPSA) is 89.9 Å². The van der Waals surface area contributed by atoms with E-state index in [9.17, 15) is 9.59 Å². The van der Waals surface area contributed by atoms with Crippen LogP contribution < -0.4 is 5.32 Å². The van der Waals surface area contributed by atoms with Crippen molar-refractivity contribution in [2.24, 2.45) is 0 Å². The number of benzene rings is 1. The fraction of sp³-hybridized carbons (Fsp3) is 0.467. The van der Waals surface area contributed by atoms with E-state index >= 15 is 0 Å². The Labute approximate surface area is 124 Å². The Balaban J connectivity index is 2.91. The van der Waals surface area contributed by atoms with Gasteiger partial charge in [0.2, 0.25) is 0 Å². The molecule has 0 aliphatic rings. The van der Waals surface area contributed by atoms with Crippen molar-refractivity contribution < 1.29 is 19.8 Å². The Morgan fingerprint density at radius 1 is 1.33 bits per heavy atom. The first-order valence-electron chi connectivity index (χ1n) is 6.89. The molecule has 0 fully saturated rings. The molecule has 0 saturated carbocycles. The number of aliphatic hydroxyl groups excluding tert-OH is 1. The smallest absolute Gasteiger partial charge is 0.336 e. The van der Waals surface area contributed by atoms with Gasteiger partial charge in [-0.2, -0.15) is 0 Å². The van der Waals surface area contributed by atoms with Gasteiger partial charge in [-0.05, 0) is 44.9 Å². The quantitative estimate of drug-likeness (QED) is 0.751. The van der Waals surface area contributed by atoms with Crippen LogP contribution in [0.2, 0.25) is 0 Å². The van der Waals surface area contributed by atoms with E-state index in [4.69, 9.17) is 10.2 Å². The maximum atomic E-state index is 12.3. The van der Waals surface area contributed by atoms with Crippen LogP contribution in [0.3, 0.4) is 0 Å². The van der Waals surface area contributed by atoms with E-state index in [0.29, 0.717) is 24.2 Å². The summed E-state index contributed by atoms with van der Waals surface area (Å²) in [5, 5.41) is 20.7. The van der Waals surface area contributed by atoms with Crippen LogP contribution >= 0.6 is 0 Å². The molecule has 0 bridgehead atoms. The number of nitrogens with zero attached hydrogens (tertiary/aromatic N) is 1. The summed E-state index contributed by atoms with van der Waals surface area (Å²) in [5.41, 5.74) is 1.16. The molecule has 0 unspecified atom stereocenters. The Morgan fingerprint density at radius 2 is 2.00 bits per heavy atom. The second kappa shape index (κ2) is 7.64. The number of hydrogen-bond donors (Lipinski definition) is 3. The van der Waals surface area contributed by atoms with Crippen molar-refractivity contribution in [1.82, 2.24) is 4.90 Å². The second-order valence-electron chi connectivity index (χ2n) is 5.08. The number of carbonyl (C=O) groups is 2. The molecule has 0 aliphatic heterocycles. The van der Waals surface area contributed by atoms with E-state index in [1.807, 2.05) is 13.8 Å². The summed E-state index contributed by atoms with van der Waals surface area (Å²) in [7, 11) is 0. The van der Waals surface area contributed by atoms with Gasteiger partial charge in [0, 0.05) is 24.9 Å². The third-order valence-corrected chi connectivity index (χ3v) is 3.25. The summed E-state index contributed by atoms with van der Waals surface area (Å²) < 4.78 is 0. The molecule has 3 N–H and O–H groups in total. The van der Waals surface area contributed by atoms with Gasteiger partial charge in [0.05, 0.1) is 5.56 Å². The lowest BCUT2D eigenvalue weighted by Gasteiger charge is -2.27. The summed E-state index contributed by atoms with van der Waals surface area (Å²) in [5.74, 6) is -1.02. The first-order chi connectivity index (χ1) is 9.88. The molecule has 0 aliphatic carbocycles. The van der Waals surface area contributed by atoms with Crippen LogP contribution in [-0.4, -0.2) is 46.3 Å². The number of nitrogens with one attached hydrogen (secondary N) is 1. The van der Waals surface area contributed by atoms with Crippen molar-refractivity contribution in [3.8, 4) is 0 Å². The van der Waals surface area contributed by atoms with E-state index in [2.05, 4.69) is 5.32 Å². The lowest BCUT2D eigenvalue weighted by molar-refractivity contribution is 0.0696. The number of urea groups is 1. The number of anilines is 1. The largest absolute Gasteiger partial charge is 0.478 e. The number of carboxylic acid groups (broad SMARTS) is 1. The first kappa shape index (κ1) is 17.0. The van der Waals surface area contributed by atoms with Gasteiger partial charge in [0.25, 0.3) is 0 Å². The molecule has 0 radical (unpaired) electrons. The lowest BCUT2D eigenvalue weighted by atomic mass is 10.1. The molecular formula is C15H22N2O4. The number of rotatable bonds is 6. The van der Waals surface area contributed by atoms with Crippen molar-refractivity contribution in [3.63, 3.8) is 0 Å². The molecule has 6 nitrogen and oxygen atoms in total. The van der Waals surface area contributed by atoms with Gasteiger partial charge < -0.3 is 20.4 Å². The highest BCUT2D eigenvalue weighted by Crippen LogP contribution is 2.19. The van der Waals surface area contributed by atoms with Crippen LogP contribution in [0, 0.1) is 6.92 Å². The van der Waals surface area contributed by atoms with Crippen LogP contribution in [-0.2, 0) is 0 Å². The Hall–Kier alpha value is -2.08. The average Bonchev–Trinajstić information content (AvgIpc) is 2.40. The summed E-state index contributed by atoms with van der Waals surface area (Å²) in [6.45, 7) is 5.89. The molecule has 0 aromatic heterocycles. The van der Waals surface area contributed by atoms with Gasteiger partial charge in [-0.3, -0.25) is 0 Å². The molecular weight excluding hydrogens is 272 g/mol. The van der Waals surface area contributed by atoms with Crippen LogP contribution in [0.4, 0.5) is 10.5 Å². The molecule has 6 heteroatoms. The average molecular weight is 294 g/mol. The van der Waals surface area contributed by atoms with E-state index in [0.717, 1.165) is 0 Å². The van der Waals surface area contributed by atoms with Crippen LogP contribution in [0.25, 0.3) is 0 Å². The number of aliphatic hydroxyl groups is 1. The van der Waals surface area contributed by atoms with E-state index in [1.54, 1.807) is 24.0 Å². The molecule has 0 heterocycles. The number of aromatic carboxylic acids is 1. The zero-order valence-electron chi connectivity index (χ0n) is 12.6. The third-order valence-electron chi connectivity index (χ3n) is 3.25. The SMILES string of the molecule is Cc1c(NC(=O)N(CCCO)C(C)C)cccc1C(=O)O.